The lowest BCUT2D eigenvalue weighted by atomic mass is 10.3. The number of hydrogen-bond acceptors (Lipinski definition) is 3. The zero-order valence-electron chi connectivity index (χ0n) is 10.2. The zero-order valence-corrected chi connectivity index (χ0v) is 14.9. The Morgan fingerprint density at radius 1 is 1.25 bits per heavy atom. The smallest absolute Gasteiger partial charge is 0.263 e. The van der Waals surface area contributed by atoms with Crippen LogP contribution in [-0.4, -0.2) is 13.4 Å². The number of anilines is 1. The number of sulfonamides is 1. The number of nitrogens with zero attached hydrogens (tertiary/aromatic N) is 1. The first kappa shape index (κ1) is 15.8. The number of nitrogens with one attached hydrogen (secondary N) is 1. The molecule has 1 N–H and O–H groups in total. The van der Waals surface area contributed by atoms with Crippen LogP contribution in [0.1, 0.15) is 5.56 Å². The van der Waals surface area contributed by atoms with Gasteiger partial charge in [0.25, 0.3) is 10.0 Å². The number of hydrogen-bond donors (Lipinski definition) is 1. The second-order valence-electron chi connectivity index (χ2n) is 4.01. The molecular weight excluding hydrogens is 431 g/mol. The third-order valence-electron chi connectivity index (χ3n) is 2.45. The summed E-state index contributed by atoms with van der Waals surface area (Å²) < 4.78 is 28.4. The molecule has 0 aliphatic heterocycles. The summed E-state index contributed by atoms with van der Waals surface area (Å²) in [5, 5.41) is 0.147. The molecule has 0 radical (unpaired) electrons. The Morgan fingerprint density at radius 3 is 2.55 bits per heavy atom. The highest BCUT2D eigenvalue weighted by Crippen LogP contribution is 2.27. The van der Waals surface area contributed by atoms with Crippen molar-refractivity contribution in [2.45, 2.75) is 11.8 Å². The Balaban J connectivity index is 2.38. The molecule has 0 unspecified atom stereocenters. The SMILES string of the molecule is Cc1cc(NS(=O)(=O)c2ccc(Br)cc2Cl)cnc1Br. The minimum atomic E-state index is -3.75. The predicted molar refractivity (Wildman–Crippen MR) is 86.6 cm³/mol. The Hall–Kier alpha value is -0.630. The highest BCUT2D eigenvalue weighted by atomic mass is 79.9. The Morgan fingerprint density at radius 2 is 1.95 bits per heavy atom. The molecule has 1 heterocycles. The van der Waals surface area contributed by atoms with Crippen LogP contribution in [0.4, 0.5) is 5.69 Å². The fraction of sp³-hybridized carbons (Fsp3) is 0.0833. The van der Waals surface area contributed by atoms with Crippen LogP contribution < -0.4 is 4.72 Å². The summed E-state index contributed by atoms with van der Waals surface area (Å²) in [7, 11) is -3.75. The molecule has 4 nitrogen and oxygen atoms in total. The molecule has 0 fully saturated rings. The maximum absolute atomic E-state index is 12.3. The van der Waals surface area contributed by atoms with Crippen molar-refractivity contribution in [2.75, 3.05) is 4.72 Å². The highest BCUT2D eigenvalue weighted by molar-refractivity contribution is 9.10. The molecule has 0 aliphatic carbocycles. The van der Waals surface area contributed by atoms with Crippen LogP contribution in [0.25, 0.3) is 0 Å². The van der Waals surface area contributed by atoms with E-state index in [2.05, 4.69) is 41.6 Å². The standard InChI is InChI=1S/C12H9Br2ClN2O2S/c1-7-4-9(6-16-12(7)14)17-20(18,19)11-3-2-8(13)5-10(11)15/h2-6,17H,1H3. The number of halogens is 3. The molecule has 0 amide bonds. The molecule has 0 spiro atoms. The highest BCUT2D eigenvalue weighted by Gasteiger charge is 2.18. The molecular formula is C12H9Br2ClN2O2S. The summed E-state index contributed by atoms with van der Waals surface area (Å²) in [5.41, 5.74) is 1.21. The largest absolute Gasteiger partial charge is 0.278 e. The van der Waals surface area contributed by atoms with Crippen LogP contribution in [0.15, 0.2) is 44.4 Å². The van der Waals surface area contributed by atoms with E-state index in [1.165, 1.54) is 18.3 Å². The molecule has 8 heteroatoms. The topological polar surface area (TPSA) is 59.1 Å². The Labute approximate surface area is 138 Å². The molecule has 106 valence electrons. The summed E-state index contributed by atoms with van der Waals surface area (Å²) in [6.45, 7) is 1.82. The molecule has 20 heavy (non-hydrogen) atoms. The van der Waals surface area contributed by atoms with Gasteiger partial charge in [0.1, 0.15) is 9.50 Å². The van der Waals surface area contributed by atoms with Crippen molar-refractivity contribution >= 4 is 59.2 Å². The third-order valence-corrected chi connectivity index (χ3v) is 5.64. The van der Waals surface area contributed by atoms with Crippen molar-refractivity contribution < 1.29 is 8.42 Å². The number of rotatable bonds is 3. The number of aryl methyl sites for hydroxylation is 1. The van der Waals surface area contributed by atoms with Gasteiger partial charge >= 0.3 is 0 Å². The molecule has 2 aromatic rings. The molecule has 0 saturated carbocycles. The van der Waals surface area contributed by atoms with Gasteiger partial charge in [-0.2, -0.15) is 0 Å². The average molecular weight is 441 g/mol. The van der Waals surface area contributed by atoms with Gasteiger partial charge in [-0.3, -0.25) is 4.72 Å². The minimum absolute atomic E-state index is 0.0166. The van der Waals surface area contributed by atoms with E-state index in [9.17, 15) is 8.42 Å². The molecule has 1 aromatic carbocycles. The van der Waals surface area contributed by atoms with Crippen molar-refractivity contribution in [1.29, 1.82) is 0 Å². The van der Waals surface area contributed by atoms with Crippen LogP contribution in [0.5, 0.6) is 0 Å². The second-order valence-corrected chi connectivity index (χ2v) is 7.74. The molecule has 0 aliphatic rings. The molecule has 1 aromatic heterocycles. The maximum Gasteiger partial charge on any atom is 0.263 e. The predicted octanol–water partition coefficient (Wildman–Crippen LogP) is 4.37. The number of pyridine rings is 1. The van der Waals surface area contributed by atoms with Gasteiger partial charge < -0.3 is 0 Å². The van der Waals surface area contributed by atoms with Gasteiger partial charge in [0.15, 0.2) is 0 Å². The van der Waals surface area contributed by atoms with E-state index in [1.807, 2.05) is 6.92 Å². The van der Waals surface area contributed by atoms with Gasteiger partial charge in [-0.25, -0.2) is 13.4 Å². The summed E-state index contributed by atoms with van der Waals surface area (Å²) >= 11 is 12.5. The lowest BCUT2D eigenvalue weighted by molar-refractivity contribution is 0.601. The summed E-state index contributed by atoms with van der Waals surface area (Å²) in [5.74, 6) is 0. The number of benzene rings is 1. The van der Waals surface area contributed by atoms with Crippen LogP contribution in [0.3, 0.4) is 0 Å². The monoisotopic (exact) mass is 438 g/mol. The Bertz CT molecular complexity index is 766. The van der Waals surface area contributed by atoms with Gasteiger partial charge in [0, 0.05) is 4.47 Å². The summed E-state index contributed by atoms with van der Waals surface area (Å²) in [6.07, 6.45) is 1.43. The van der Waals surface area contributed by atoms with Crippen LogP contribution >= 0.6 is 43.5 Å². The van der Waals surface area contributed by atoms with Gasteiger partial charge in [-0.1, -0.05) is 27.5 Å². The van der Waals surface area contributed by atoms with Gasteiger partial charge in [0.2, 0.25) is 0 Å². The maximum atomic E-state index is 12.3. The molecule has 0 atom stereocenters. The molecule has 2 rings (SSSR count). The first-order chi connectivity index (χ1) is 9.29. The van der Waals surface area contributed by atoms with E-state index in [-0.39, 0.29) is 9.92 Å². The summed E-state index contributed by atoms with van der Waals surface area (Å²) in [4.78, 5) is 4.06. The lowest BCUT2D eigenvalue weighted by Crippen LogP contribution is -2.13. The van der Waals surface area contributed by atoms with Crippen LogP contribution in [0.2, 0.25) is 5.02 Å². The van der Waals surface area contributed by atoms with Crippen LogP contribution in [-0.2, 0) is 10.0 Å². The quantitative estimate of drug-likeness (QED) is 0.721. The first-order valence-electron chi connectivity index (χ1n) is 5.39. The second kappa shape index (κ2) is 6.01. The van der Waals surface area contributed by atoms with E-state index in [0.29, 0.717) is 14.8 Å². The first-order valence-corrected chi connectivity index (χ1v) is 8.84. The van der Waals surface area contributed by atoms with E-state index in [4.69, 9.17) is 11.6 Å². The van der Waals surface area contributed by atoms with Gasteiger partial charge in [0.05, 0.1) is 16.9 Å². The van der Waals surface area contributed by atoms with Crippen molar-refractivity contribution in [3.05, 3.63) is 50.1 Å². The van der Waals surface area contributed by atoms with E-state index in [0.717, 1.165) is 5.56 Å². The van der Waals surface area contributed by atoms with E-state index >= 15 is 0 Å². The van der Waals surface area contributed by atoms with E-state index in [1.54, 1.807) is 12.1 Å². The fourth-order valence-electron chi connectivity index (χ4n) is 1.52. The van der Waals surface area contributed by atoms with Crippen molar-refractivity contribution in [1.82, 2.24) is 4.98 Å². The zero-order chi connectivity index (χ0) is 14.9. The average Bonchev–Trinajstić information content (AvgIpc) is 2.33. The van der Waals surface area contributed by atoms with E-state index < -0.39 is 10.0 Å². The van der Waals surface area contributed by atoms with Crippen LogP contribution in [0, 0.1) is 6.92 Å². The third kappa shape index (κ3) is 3.52. The lowest BCUT2D eigenvalue weighted by Gasteiger charge is -2.10. The minimum Gasteiger partial charge on any atom is -0.278 e. The number of aromatic nitrogens is 1. The molecule has 0 saturated heterocycles. The summed E-state index contributed by atoms with van der Waals surface area (Å²) in [6, 6.07) is 6.27. The Kier molecular flexibility index (Phi) is 4.73. The van der Waals surface area contributed by atoms with Crippen molar-refractivity contribution in [3.63, 3.8) is 0 Å². The molecule has 0 bridgehead atoms. The normalized spacial score (nSPS) is 11.4. The van der Waals surface area contributed by atoms with Gasteiger partial charge in [-0.15, -0.1) is 0 Å². The van der Waals surface area contributed by atoms with Crippen molar-refractivity contribution in [3.8, 4) is 0 Å². The fourth-order valence-corrected chi connectivity index (χ4v) is 3.81. The van der Waals surface area contributed by atoms with Crippen molar-refractivity contribution in [2.24, 2.45) is 0 Å². The van der Waals surface area contributed by atoms with Gasteiger partial charge in [-0.05, 0) is 52.7 Å².